The van der Waals surface area contributed by atoms with Gasteiger partial charge in [0.2, 0.25) is 0 Å². The van der Waals surface area contributed by atoms with Gasteiger partial charge in [-0.15, -0.1) is 0 Å². The van der Waals surface area contributed by atoms with Crippen molar-refractivity contribution in [3.8, 4) is 0 Å². The van der Waals surface area contributed by atoms with Crippen molar-refractivity contribution in [2.24, 2.45) is 0 Å². The van der Waals surface area contributed by atoms with Gasteiger partial charge in [0.25, 0.3) is 0 Å². The highest BCUT2D eigenvalue weighted by Crippen LogP contribution is 2.18. The van der Waals surface area contributed by atoms with Crippen LogP contribution < -0.4 is 5.38 Å². The topological polar surface area (TPSA) is 26.0 Å². The summed E-state index contributed by atoms with van der Waals surface area (Å²) in [5, 5.41) is 1.69. The van der Waals surface area contributed by atoms with Crippen molar-refractivity contribution >= 4 is 36.2 Å². The first kappa shape index (κ1) is 9.74. The van der Waals surface area contributed by atoms with Gasteiger partial charge < -0.3 is 4.42 Å². The van der Waals surface area contributed by atoms with Gasteiger partial charge in [0.05, 0.1) is 10.4 Å². The highest BCUT2D eigenvalue weighted by Gasteiger charge is 2.21. The van der Waals surface area contributed by atoms with E-state index < -0.39 is 8.07 Å². The van der Waals surface area contributed by atoms with Gasteiger partial charge >= 0.3 is 0 Å². The van der Waals surface area contributed by atoms with Crippen LogP contribution in [0.5, 0.6) is 0 Å². The van der Waals surface area contributed by atoms with Gasteiger partial charge in [-0.1, -0.05) is 31.2 Å². The highest BCUT2D eigenvalue weighted by atomic mass is 35.5. The normalized spacial score (nSPS) is 12.3. The van der Waals surface area contributed by atoms with Gasteiger partial charge in [0, 0.05) is 18.3 Å². The van der Waals surface area contributed by atoms with E-state index in [0.29, 0.717) is 5.02 Å². The first-order chi connectivity index (χ1) is 6.47. The van der Waals surface area contributed by atoms with Crippen LogP contribution in [0.3, 0.4) is 0 Å². The van der Waals surface area contributed by atoms with Crippen LogP contribution in [0.1, 0.15) is 0 Å². The summed E-state index contributed by atoms with van der Waals surface area (Å²) in [6, 6.07) is 3.84. The van der Waals surface area contributed by atoms with Crippen LogP contribution in [0.2, 0.25) is 24.7 Å². The SMILES string of the molecule is C[Si](C)(C)c1cc2ncc(Cl)cc2o1. The monoisotopic (exact) mass is 225 g/mol. The molecule has 0 aromatic carbocycles. The van der Waals surface area contributed by atoms with E-state index in [-0.39, 0.29) is 0 Å². The van der Waals surface area contributed by atoms with E-state index in [1.165, 1.54) is 0 Å². The zero-order valence-electron chi connectivity index (χ0n) is 8.47. The molecule has 74 valence electrons. The van der Waals surface area contributed by atoms with Crippen molar-refractivity contribution in [1.29, 1.82) is 0 Å². The second-order valence-electron chi connectivity index (χ2n) is 4.40. The molecule has 2 aromatic heterocycles. The Morgan fingerprint density at radius 1 is 1.29 bits per heavy atom. The second-order valence-corrected chi connectivity index (χ2v) is 9.83. The minimum absolute atomic E-state index is 0.619. The lowest BCUT2D eigenvalue weighted by Gasteiger charge is -2.10. The van der Waals surface area contributed by atoms with Crippen LogP contribution in [0.4, 0.5) is 0 Å². The molecule has 2 aromatic rings. The molecule has 0 unspecified atom stereocenters. The van der Waals surface area contributed by atoms with Crippen LogP contribution in [-0.4, -0.2) is 13.1 Å². The molecule has 0 radical (unpaired) electrons. The Kier molecular flexibility index (Phi) is 2.16. The van der Waals surface area contributed by atoms with Crippen LogP contribution in [0, 0.1) is 0 Å². The van der Waals surface area contributed by atoms with E-state index in [0.717, 1.165) is 16.5 Å². The van der Waals surface area contributed by atoms with Crippen LogP contribution in [0.15, 0.2) is 22.7 Å². The van der Waals surface area contributed by atoms with Gasteiger partial charge in [-0.2, -0.15) is 0 Å². The molecule has 4 heteroatoms. The third-order valence-electron chi connectivity index (χ3n) is 2.08. The Morgan fingerprint density at radius 3 is 2.64 bits per heavy atom. The van der Waals surface area contributed by atoms with Gasteiger partial charge in [-0.05, 0) is 0 Å². The molecule has 2 nitrogen and oxygen atoms in total. The second kappa shape index (κ2) is 3.10. The number of pyridine rings is 1. The van der Waals surface area contributed by atoms with E-state index in [2.05, 4.69) is 24.6 Å². The Bertz CT molecular complexity index is 472. The molecular weight excluding hydrogens is 214 g/mol. The number of furan rings is 1. The summed E-state index contributed by atoms with van der Waals surface area (Å²) >= 11 is 5.83. The molecule has 0 amide bonds. The zero-order chi connectivity index (χ0) is 10.3. The maximum Gasteiger partial charge on any atom is 0.153 e. The summed E-state index contributed by atoms with van der Waals surface area (Å²) in [6.45, 7) is 6.73. The molecule has 0 spiro atoms. The third-order valence-corrected chi connectivity index (χ3v) is 4.01. The number of hydrogen-bond donors (Lipinski definition) is 0. The molecule has 0 N–H and O–H groups in total. The standard InChI is InChI=1S/C10H12ClNOSi/c1-14(2,3)10-5-8-9(13-10)4-7(11)6-12-8/h4-6H,1-3H3. The molecule has 0 aliphatic carbocycles. The molecule has 0 aliphatic rings. The summed E-state index contributed by atoms with van der Waals surface area (Å²) in [6.07, 6.45) is 1.65. The molecule has 0 aliphatic heterocycles. The van der Waals surface area contributed by atoms with Crippen LogP contribution in [0.25, 0.3) is 11.1 Å². The largest absolute Gasteiger partial charge is 0.464 e. The first-order valence-electron chi connectivity index (χ1n) is 4.52. The average Bonchev–Trinajstić information content (AvgIpc) is 2.45. The Morgan fingerprint density at radius 2 is 2.00 bits per heavy atom. The van der Waals surface area contributed by atoms with Crippen molar-refractivity contribution in [1.82, 2.24) is 4.98 Å². The van der Waals surface area contributed by atoms with Crippen molar-refractivity contribution in [3.63, 3.8) is 0 Å². The minimum Gasteiger partial charge on any atom is -0.464 e. The summed E-state index contributed by atoms with van der Waals surface area (Å²) in [4.78, 5) is 4.21. The molecule has 0 bridgehead atoms. The molecule has 0 fully saturated rings. The van der Waals surface area contributed by atoms with Crippen molar-refractivity contribution in [2.75, 3.05) is 0 Å². The number of nitrogens with zero attached hydrogens (tertiary/aromatic N) is 1. The number of aromatic nitrogens is 1. The van der Waals surface area contributed by atoms with Crippen LogP contribution in [-0.2, 0) is 0 Å². The molecular formula is C10H12ClNOSi. The van der Waals surface area contributed by atoms with Crippen molar-refractivity contribution < 1.29 is 4.42 Å². The lowest BCUT2D eigenvalue weighted by Crippen LogP contribution is -2.36. The van der Waals surface area contributed by atoms with E-state index in [9.17, 15) is 0 Å². The Hall–Kier alpha value is -0.803. The lowest BCUT2D eigenvalue weighted by atomic mass is 10.4. The fourth-order valence-electron chi connectivity index (χ4n) is 1.26. The Labute approximate surface area is 88.9 Å². The highest BCUT2D eigenvalue weighted by molar-refractivity contribution is 6.87. The molecule has 2 heterocycles. The number of rotatable bonds is 1. The smallest absolute Gasteiger partial charge is 0.153 e. The van der Waals surface area contributed by atoms with Gasteiger partial charge in [0.1, 0.15) is 13.6 Å². The molecule has 0 atom stereocenters. The molecule has 0 saturated heterocycles. The molecule has 2 rings (SSSR count). The summed E-state index contributed by atoms with van der Waals surface area (Å²) in [7, 11) is -1.38. The summed E-state index contributed by atoms with van der Waals surface area (Å²) in [5.74, 6) is 0. The average molecular weight is 226 g/mol. The van der Waals surface area contributed by atoms with Gasteiger partial charge in [0.15, 0.2) is 5.58 Å². The quantitative estimate of drug-likeness (QED) is 0.698. The molecule has 0 saturated carbocycles. The predicted molar refractivity (Wildman–Crippen MR) is 62.0 cm³/mol. The van der Waals surface area contributed by atoms with E-state index in [4.69, 9.17) is 16.0 Å². The lowest BCUT2D eigenvalue weighted by molar-refractivity contribution is 0.647. The maximum atomic E-state index is 5.83. The fourth-order valence-corrected chi connectivity index (χ4v) is 2.40. The fraction of sp³-hybridized carbons (Fsp3) is 0.300. The Balaban J connectivity index is 2.63. The van der Waals surface area contributed by atoms with Crippen molar-refractivity contribution in [2.45, 2.75) is 19.6 Å². The predicted octanol–water partition coefficient (Wildman–Crippen LogP) is 3.03. The van der Waals surface area contributed by atoms with E-state index in [1.54, 1.807) is 6.20 Å². The minimum atomic E-state index is -1.38. The molecule has 14 heavy (non-hydrogen) atoms. The third kappa shape index (κ3) is 1.70. The number of hydrogen-bond acceptors (Lipinski definition) is 2. The number of fused-ring (bicyclic) bond motifs is 1. The zero-order valence-corrected chi connectivity index (χ0v) is 10.2. The summed E-state index contributed by atoms with van der Waals surface area (Å²) in [5.41, 5.74) is 1.68. The van der Waals surface area contributed by atoms with E-state index in [1.807, 2.05) is 12.1 Å². The van der Waals surface area contributed by atoms with E-state index >= 15 is 0 Å². The van der Waals surface area contributed by atoms with Gasteiger partial charge in [-0.25, -0.2) is 0 Å². The first-order valence-corrected chi connectivity index (χ1v) is 8.40. The van der Waals surface area contributed by atoms with Crippen LogP contribution >= 0.6 is 11.6 Å². The maximum absolute atomic E-state index is 5.83. The van der Waals surface area contributed by atoms with Crippen molar-refractivity contribution in [3.05, 3.63) is 23.4 Å². The van der Waals surface area contributed by atoms with Gasteiger partial charge in [-0.3, -0.25) is 4.98 Å². The summed E-state index contributed by atoms with van der Waals surface area (Å²) < 4.78 is 5.73. The number of halogens is 1.